The molecule has 8 heteroatoms. The van der Waals surface area contributed by atoms with Crippen molar-refractivity contribution >= 4 is 62.6 Å². The summed E-state index contributed by atoms with van der Waals surface area (Å²) in [6.07, 6.45) is 0. The molecule has 0 fully saturated rings. The molecular weight excluding hydrogens is 457 g/mol. The summed E-state index contributed by atoms with van der Waals surface area (Å²) in [4.78, 5) is 12.8. The number of fused-ring (bicyclic) bond motifs is 1. The van der Waals surface area contributed by atoms with Gasteiger partial charge in [-0.15, -0.1) is 0 Å². The van der Waals surface area contributed by atoms with Crippen LogP contribution >= 0.6 is 50.9 Å². The standard InChI is InChI=1S/C18H12BrCl2N3OS/c19-10-1-6-15(21)13(7-10)18(25)22-17-14-8-26-9-16(14)23-24(17)12-4-2-11(20)3-5-12/h1-7H,8-9H2,(H,22,25). The minimum absolute atomic E-state index is 0.272. The first-order valence-electron chi connectivity index (χ1n) is 7.74. The van der Waals surface area contributed by atoms with Crippen LogP contribution in [0, 0.1) is 0 Å². The fourth-order valence-electron chi connectivity index (χ4n) is 2.76. The summed E-state index contributed by atoms with van der Waals surface area (Å²) in [6, 6.07) is 12.5. The van der Waals surface area contributed by atoms with Gasteiger partial charge in [0.05, 0.1) is 22.0 Å². The largest absolute Gasteiger partial charge is 0.306 e. The van der Waals surface area contributed by atoms with Crippen LogP contribution in [0.3, 0.4) is 0 Å². The van der Waals surface area contributed by atoms with Crippen LogP contribution in [0.25, 0.3) is 5.69 Å². The van der Waals surface area contributed by atoms with Crippen LogP contribution in [0.1, 0.15) is 21.6 Å². The Morgan fingerprint density at radius 1 is 1.15 bits per heavy atom. The molecule has 0 aliphatic carbocycles. The summed E-state index contributed by atoms with van der Waals surface area (Å²) in [5.41, 5.74) is 3.28. The molecule has 132 valence electrons. The molecule has 0 unspecified atom stereocenters. The topological polar surface area (TPSA) is 46.9 Å². The van der Waals surface area contributed by atoms with Crippen molar-refractivity contribution in [1.82, 2.24) is 9.78 Å². The third kappa shape index (κ3) is 3.39. The molecule has 0 radical (unpaired) electrons. The lowest BCUT2D eigenvalue weighted by Crippen LogP contribution is -2.16. The number of hydrogen-bond donors (Lipinski definition) is 1. The molecule has 0 spiro atoms. The number of halogens is 3. The highest BCUT2D eigenvalue weighted by molar-refractivity contribution is 9.10. The lowest BCUT2D eigenvalue weighted by atomic mass is 10.2. The molecular formula is C18H12BrCl2N3OS. The third-order valence-corrected chi connectivity index (χ3v) is 6.07. The molecule has 0 saturated heterocycles. The van der Waals surface area contributed by atoms with E-state index in [2.05, 4.69) is 26.3 Å². The Bertz CT molecular complexity index is 1000. The molecule has 26 heavy (non-hydrogen) atoms. The maximum absolute atomic E-state index is 12.8. The van der Waals surface area contributed by atoms with Crippen molar-refractivity contribution < 1.29 is 4.79 Å². The van der Waals surface area contributed by atoms with Crippen molar-refractivity contribution in [2.45, 2.75) is 11.5 Å². The predicted molar refractivity (Wildman–Crippen MR) is 111 cm³/mol. The fraction of sp³-hybridized carbons (Fsp3) is 0.111. The number of aromatic nitrogens is 2. The summed E-state index contributed by atoms with van der Waals surface area (Å²) in [7, 11) is 0. The van der Waals surface area contributed by atoms with E-state index in [1.165, 1.54) is 0 Å². The number of nitrogens with zero attached hydrogens (tertiary/aromatic N) is 2. The number of rotatable bonds is 3. The average Bonchev–Trinajstić information content (AvgIpc) is 3.20. The molecule has 0 atom stereocenters. The van der Waals surface area contributed by atoms with E-state index in [1.54, 1.807) is 46.8 Å². The van der Waals surface area contributed by atoms with Crippen LogP contribution in [0.15, 0.2) is 46.9 Å². The highest BCUT2D eigenvalue weighted by Gasteiger charge is 2.25. The second-order valence-corrected chi connectivity index (χ2v) is 8.48. The number of hydrogen-bond acceptors (Lipinski definition) is 3. The van der Waals surface area contributed by atoms with Crippen LogP contribution in [-0.4, -0.2) is 15.7 Å². The van der Waals surface area contributed by atoms with Crippen molar-refractivity contribution in [1.29, 1.82) is 0 Å². The Balaban J connectivity index is 1.75. The molecule has 1 aliphatic rings. The van der Waals surface area contributed by atoms with Crippen molar-refractivity contribution in [3.8, 4) is 5.69 Å². The van der Waals surface area contributed by atoms with E-state index in [9.17, 15) is 4.79 Å². The molecule has 4 rings (SSSR count). The summed E-state index contributed by atoms with van der Waals surface area (Å²) < 4.78 is 2.55. The molecule has 0 bridgehead atoms. The third-order valence-electron chi connectivity index (χ3n) is 4.03. The minimum Gasteiger partial charge on any atom is -0.306 e. The van der Waals surface area contributed by atoms with Crippen molar-refractivity contribution in [2.75, 3.05) is 5.32 Å². The summed E-state index contributed by atoms with van der Waals surface area (Å²) in [5.74, 6) is 2.04. The van der Waals surface area contributed by atoms with Gasteiger partial charge >= 0.3 is 0 Å². The number of anilines is 1. The second-order valence-electron chi connectivity index (χ2n) is 5.73. The summed E-state index contributed by atoms with van der Waals surface area (Å²) >= 11 is 17.3. The Hall–Kier alpha value is -1.47. The molecule has 0 saturated carbocycles. The Labute approximate surface area is 173 Å². The number of amides is 1. The van der Waals surface area contributed by atoms with E-state index in [0.29, 0.717) is 21.4 Å². The van der Waals surface area contributed by atoms with Crippen LogP contribution in [0.5, 0.6) is 0 Å². The molecule has 2 heterocycles. The molecule has 1 aromatic heterocycles. The average molecular weight is 469 g/mol. The van der Waals surface area contributed by atoms with Gasteiger partial charge in [-0.3, -0.25) is 4.79 Å². The molecule has 2 aromatic carbocycles. The highest BCUT2D eigenvalue weighted by atomic mass is 79.9. The number of nitrogens with one attached hydrogen (secondary N) is 1. The van der Waals surface area contributed by atoms with Crippen LogP contribution in [0.4, 0.5) is 5.82 Å². The van der Waals surface area contributed by atoms with E-state index in [1.807, 2.05) is 12.1 Å². The first kappa shape index (κ1) is 17.9. The van der Waals surface area contributed by atoms with Crippen LogP contribution in [0.2, 0.25) is 10.0 Å². The predicted octanol–water partition coefficient (Wildman–Crippen LogP) is 5.94. The summed E-state index contributed by atoms with van der Waals surface area (Å²) in [6.45, 7) is 0. The van der Waals surface area contributed by atoms with Crippen molar-refractivity contribution in [2.24, 2.45) is 0 Å². The molecule has 1 aliphatic heterocycles. The van der Waals surface area contributed by atoms with Gasteiger partial charge in [0.25, 0.3) is 5.91 Å². The summed E-state index contributed by atoms with van der Waals surface area (Å²) in [5, 5.41) is 8.72. The number of carbonyl (C=O) groups is 1. The zero-order valence-electron chi connectivity index (χ0n) is 13.3. The zero-order chi connectivity index (χ0) is 18.3. The first-order valence-corrected chi connectivity index (χ1v) is 10.4. The molecule has 1 N–H and O–H groups in total. The van der Waals surface area contributed by atoms with Gasteiger partial charge in [-0.2, -0.15) is 16.9 Å². The Kier molecular flexibility index (Phi) is 5.01. The number of carbonyl (C=O) groups excluding carboxylic acids is 1. The monoisotopic (exact) mass is 467 g/mol. The number of thioether (sulfide) groups is 1. The van der Waals surface area contributed by atoms with E-state index in [-0.39, 0.29) is 5.91 Å². The lowest BCUT2D eigenvalue weighted by molar-refractivity contribution is 0.102. The first-order chi connectivity index (χ1) is 12.5. The molecule has 4 nitrogen and oxygen atoms in total. The van der Waals surface area contributed by atoms with Crippen LogP contribution < -0.4 is 5.32 Å². The van der Waals surface area contributed by atoms with Gasteiger partial charge in [0.15, 0.2) is 0 Å². The van der Waals surface area contributed by atoms with E-state index in [4.69, 9.17) is 23.2 Å². The second kappa shape index (κ2) is 7.27. The van der Waals surface area contributed by atoms with Gasteiger partial charge in [0, 0.05) is 26.6 Å². The van der Waals surface area contributed by atoms with E-state index in [0.717, 1.165) is 32.9 Å². The Morgan fingerprint density at radius 3 is 2.69 bits per heavy atom. The van der Waals surface area contributed by atoms with Gasteiger partial charge in [-0.1, -0.05) is 39.1 Å². The highest BCUT2D eigenvalue weighted by Crippen LogP contribution is 2.36. The number of benzene rings is 2. The SMILES string of the molecule is O=C(Nc1c2c(nn1-c1ccc(Cl)cc1)CSC2)c1cc(Br)ccc1Cl. The Morgan fingerprint density at radius 2 is 1.92 bits per heavy atom. The van der Waals surface area contributed by atoms with Crippen LogP contribution in [-0.2, 0) is 11.5 Å². The zero-order valence-corrected chi connectivity index (χ0v) is 17.2. The maximum Gasteiger partial charge on any atom is 0.258 e. The smallest absolute Gasteiger partial charge is 0.258 e. The maximum atomic E-state index is 12.8. The van der Waals surface area contributed by atoms with Gasteiger partial charge < -0.3 is 5.32 Å². The van der Waals surface area contributed by atoms with Gasteiger partial charge in [-0.25, -0.2) is 4.68 Å². The van der Waals surface area contributed by atoms with Gasteiger partial charge in [-0.05, 0) is 42.5 Å². The normalized spacial score (nSPS) is 12.9. The quantitative estimate of drug-likeness (QED) is 0.517. The lowest BCUT2D eigenvalue weighted by Gasteiger charge is -2.12. The van der Waals surface area contributed by atoms with Gasteiger partial charge in [0.2, 0.25) is 0 Å². The van der Waals surface area contributed by atoms with E-state index < -0.39 is 0 Å². The molecule has 1 amide bonds. The van der Waals surface area contributed by atoms with Crippen molar-refractivity contribution in [3.63, 3.8) is 0 Å². The minimum atomic E-state index is -0.272. The fourth-order valence-corrected chi connectivity index (χ4v) is 4.48. The molecule has 3 aromatic rings. The van der Waals surface area contributed by atoms with Gasteiger partial charge in [0.1, 0.15) is 5.82 Å². The van der Waals surface area contributed by atoms with Crippen molar-refractivity contribution in [3.05, 3.63) is 73.8 Å². The van der Waals surface area contributed by atoms with E-state index >= 15 is 0 Å².